The summed E-state index contributed by atoms with van der Waals surface area (Å²) in [5, 5.41) is 14.5. The molecule has 0 aliphatic heterocycles. The Morgan fingerprint density at radius 1 is 0.382 bits per heavy atom. The van der Waals surface area contributed by atoms with E-state index >= 15 is 13.2 Å². The smallest absolute Gasteiger partial charge is 0.307 e. The van der Waals surface area contributed by atoms with Gasteiger partial charge in [-0.3, -0.25) is 0 Å². The molecule has 6 aromatic heterocycles. The number of aromatic nitrogens is 10. The van der Waals surface area contributed by atoms with Gasteiger partial charge in [-0.05, 0) is 72.3 Å². The Balaban J connectivity index is 1.27. The monoisotopic (exact) mass is 889 g/mol. The van der Waals surface area contributed by atoms with Crippen LogP contribution in [-0.2, 0) is 6.18 Å². The lowest BCUT2D eigenvalue weighted by molar-refractivity contribution is -0.137. The highest BCUT2D eigenvalue weighted by Crippen LogP contribution is 2.45. The molecule has 68 heavy (non-hydrogen) atoms. The first-order chi connectivity index (χ1) is 33.3. The third kappa shape index (κ3) is 6.68. The highest BCUT2D eigenvalue weighted by Gasteiger charge is 2.34. The second-order valence-corrected chi connectivity index (χ2v) is 15.9. The summed E-state index contributed by atoms with van der Waals surface area (Å²) in [6, 6.07) is 41.8. The number of nitriles is 1. The van der Waals surface area contributed by atoms with Crippen LogP contribution in [0.4, 0.5) is 13.2 Å². The SMILES string of the molecule is N#Cc1cc(-n2c3cc(-c4ncccn4)ccc3c3ccc(-c4ncccn4)cc32)c(-n2c3cc(-c4ncccn4)ccc3c3ccc(-c4ncccn4)cc32)cc1-c1ccccc1C(F)(F)F. The van der Waals surface area contributed by atoms with Crippen LogP contribution in [-0.4, -0.2) is 49.0 Å². The predicted molar refractivity (Wildman–Crippen MR) is 254 cm³/mol. The Labute approximate surface area is 384 Å². The molecule has 6 heterocycles. The molecule has 0 saturated carbocycles. The molecule has 322 valence electrons. The number of hydrogen-bond donors (Lipinski definition) is 0. The molecule has 0 spiro atoms. The molecule has 0 aliphatic carbocycles. The summed E-state index contributed by atoms with van der Waals surface area (Å²) in [4.78, 5) is 36.5. The van der Waals surface area contributed by atoms with E-state index in [1.54, 1.807) is 92.0 Å². The fourth-order valence-corrected chi connectivity index (χ4v) is 9.12. The van der Waals surface area contributed by atoms with Crippen molar-refractivity contribution in [3.63, 3.8) is 0 Å². The van der Waals surface area contributed by atoms with Crippen LogP contribution in [0.25, 0.3) is 112 Å². The van der Waals surface area contributed by atoms with E-state index in [0.29, 0.717) is 56.8 Å². The molecule has 11 nitrogen and oxygen atoms in total. The van der Waals surface area contributed by atoms with Gasteiger partial charge in [0.15, 0.2) is 23.3 Å². The minimum absolute atomic E-state index is 0.0260. The second kappa shape index (κ2) is 15.9. The van der Waals surface area contributed by atoms with Crippen molar-refractivity contribution in [3.05, 3.63) is 194 Å². The van der Waals surface area contributed by atoms with Crippen LogP contribution in [0.15, 0.2) is 183 Å². The van der Waals surface area contributed by atoms with Crippen LogP contribution in [0, 0.1) is 11.3 Å². The molecule has 12 aromatic rings. The largest absolute Gasteiger partial charge is 0.417 e. The first-order valence-corrected chi connectivity index (χ1v) is 21.3. The average Bonchev–Trinajstić information content (AvgIpc) is 3.90. The molecule has 0 fully saturated rings. The molecule has 0 saturated heterocycles. The minimum atomic E-state index is -4.73. The summed E-state index contributed by atoms with van der Waals surface area (Å²) in [5.41, 5.74) is 5.79. The second-order valence-electron chi connectivity index (χ2n) is 15.9. The number of benzene rings is 6. The number of rotatable bonds is 7. The van der Waals surface area contributed by atoms with Gasteiger partial charge in [0.05, 0.1) is 50.6 Å². The zero-order chi connectivity index (χ0) is 45.9. The number of alkyl halides is 3. The summed E-state index contributed by atoms with van der Waals surface area (Å²) < 4.78 is 49.2. The number of halogens is 3. The van der Waals surface area contributed by atoms with E-state index in [2.05, 4.69) is 45.9 Å². The van der Waals surface area contributed by atoms with Crippen molar-refractivity contribution >= 4 is 43.6 Å². The van der Waals surface area contributed by atoms with Crippen molar-refractivity contribution in [2.75, 3.05) is 0 Å². The van der Waals surface area contributed by atoms with Gasteiger partial charge in [0, 0.05) is 98.9 Å². The quantitative estimate of drug-likeness (QED) is 0.153. The van der Waals surface area contributed by atoms with Crippen molar-refractivity contribution in [2.24, 2.45) is 0 Å². The maximum Gasteiger partial charge on any atom is 0.417 e. The summed E-state index contributed by atoms with van der Waals surface area (Å²) in [6.07, 6.45) is 8.65. The standard InChI is InChI=1S/C54H30F3N11/c55-54(56,57)43-8-2-1-7-37(43)42-30-49(68-46-27-34(52-63-21-5-22-64-52)11-15-40(46)41-16-12-35(28-47(41)68)53-65-23-6-24-66-53)48(29-36(42)31-58)67-44-25-32(50-59-17-3-18-60-50)9-13-38(44)39-14-10-33(26-45(39)67)51-61-19-4-20-62-51/h1-30H. The lowest BCUT2D eigenvalue weighted by Gasteiger charge is -2.21. The normalized spacial score (nSPS) is 11.7. The molecule has 14 heteroatoms. The van der Waals surface area contributed by atoms with Gasteiger partial charge in [0.2, 0.25) is 0 Å². The predicted octanol–water partition coefficient (Wildman–Crippen LogP) is 12.3. The van der Waals surface area contributed by atoms with Gasteiger partial charge in [-0.15, -0.1) is 0 Å². The van der Waals surface area contributed by atoms with E-state index in [4.69, 9.17) is 0 Å². The molecule has 0 atom stereocenters. The van der Waals surface area contributed by atoms with Crippen LogP contribution in [0.3, 0.4) is 0 Å². The Hall–Kier alpha value is -9.48. The summed E-state index contributed by atoms with van der Waals surface area (Å²) in [6.45, 7) is 0. The van der Waals surface area contributed by atoms with Gasteiger partial charge in [-0.1, -0.05) is 66.7 Å². The molecule has 0 bridgehead atoms. The van der Waals surface area contributed by atoms with E-state index in [1.165, 1.54) is 12.1 Å². The third-order valence-corrected chi connectivity index (χ3v) is 12.1. The first kappa shape index (κ1) is 40.1. The fraction of sp³-hybridized carbons (Fsp3) is 0.0185. The molecule has 0 radical (unpaired) electrons. The molecule has 0 unspecified atom stereocenters. The van der Waals surface area contributed by atoms with E-state index in [0.717, 1.165) is 49.8 Å². The van der Waals surface area contributed by atoms with E-state index in [1.807, 2.05) is 81.9 Å². The lowest BCUT2D eigenvalue weighted by Crippen LogP contribution is -2.09. The highest BCUT2D eigenvalue weighted by molar-refractivity contribution is 6.13. The summed E-state index contributed by atoms with van der Waals surface area (Å²) in [5.74, 6) is 1.96. The van der Waals surface area contributed by atoms with E-state index < -0.39 is 11.7 Å². The van der Waals surface area contributed by atoms with Crippen molar-refractivity contribution in [1.29, 1.82) is 5.26 Å². The molecule has 0 aliphatic rings. The Morgan fingerprint density at radius 2 is 0.721 bits per heavy atom. The number of fused-ring (bicyclic) bond motifs is 6. The van der Waals surface area contributed by atoms with Crippen molar-refractivity contribution in [2.45, 2.75) is 6.18 Å². The third-order valence-electron chi connectivity index (χ3n) is 12.1. The lowest BCUT2D eigenvalue weighted by atomic mass is 9.94. The number of nitrogens with zero attached hydrogens (tertiary/aromatic N) is 11. The van der Waals surface area contributed by atoms with Gasteiger partial charge in [-0.2, -0.15) is 18.4 Å². The van der Waals surface area contributed by atoms with Crippen LogP contribution >= 0.6 is 0 Å². The topological polar surface area (TPSA) is 137 Å². The average molecular weight is 890 g/mol. The van der Waals surface area contributed by atoms with Gasteiger partial charge in [0.25, 0.3) is 0 Å². The first-order valence-electron chi connectivity index (χ1n) is 21.3. The van der Waals surface area contributed by atoms with Gasteiger partial charge in [-0.25, -0.2) is 39.9 Å². The Kier molecular flexibility index (Phi) is 9.36. The van der Waals surface area contributed by atoms with Crippen LogP contribution in [0.2, 0.25) is 0 Å². The highest BCUT2D eigenvalue weighted by atomic mass is 19.4. The summed E-state index contributed by atoms with van der Waals surface area (Å²) in [7, 11) is 0. The Morgan fingerprint density at radius 3 is 1.06 bits per heavy atom. The van der Waals surface area contributed by atoms with Crippen molar-refractivity contribution in [3.8, 4) is 74.1 Å². The molecule has 12 rings (SSSR count). The fourth-order valence-electron chi connectivity index (χ4n) is 9.12. The maximum atomic E-state index is 15.0. The molecule has 0 amide bonds. The number of hydrogen-bond acceptors (Lipinski definition) is 9. The molecule has 6 aromatic carbocycles. The van der Waals surface area contributed by atoms with E-state index in [-0.39, 0.29) is 16.7 Å². The Bertz CT molecular complexity index is 3770. The maximum absolute atomic E-state index is 15.0. The molecular formula is C54H30F3N11. The minimum Gasteiger partial charge on any atom is -0.307 e. The molecule has 0 N–H and O–H groups in total. The zero-order valence-electron chi connectivity index (χ0n) is 35.4. The van der Waals surface area contributed by atoms with Crippen LogP contribution in [0.5, 0.6) is 0 Å². The summed E-state index contributed by atoms with van der Waals surface area (Å²) >= 11 is 0. The van der Waals surface area contributed by atoms with E-state index in [9.17, 15) is 5.26 Å². The van der Waals surface area contributed by atoms with Crippen LogP contribution in [0.1, 0.15) is 11.1 Å². The van der Waals surface area contributed by atoms with Gasteiger partial charge < -0.3 is 9.13 Å². The van der Waals surface area contributed by atoms with Crippen molar-refractivity contribution < 1.29 is 13.2 Å². The van der Waals surface area contributed by atoms with Crippen molar-refractivity contribution in [1.82, 2.24) is 49.0 Å². The molecular weight excluding hydrogens is 860 g/mol. The van der Waals surface area contributed by atoms with Gasteiger partial charge in [0.1, 0.15) is 0 Å². The van der Waals surface area contributed by atoms with Crippen LogP contribution < -0.4 is 0 Å². The van der Waals surface area contributed by atoms with Gasteiger partial charge >= 0.3 is 6.18 Å². The zero-order valence-corrected chi connectivity index (χ0v) is 35.4.